The van der Waals surface area contributed by atoms with Crippen LogP contribution in [-0.2, 0) is 0 Å². The molecule has 0 aromatic heterocycles. The largest absolute Gasteiger partial charge is 0.369 e. The molecule has 0 radical (unpaired) electrons. The highest BCUT2D eigenvalue weighted by atomic mass is 16.1. The third-order valence-corrected chi connectivity index (χ3v) is 5.63. The maximum absolute atomic E-state index is 12.1. The summed E-state index contributed by atoms with van der Waals surface area (Å²) >= 11 is 0. The second-order valence-corrected chi connectivity index (χ2v) is 7.18. The molecule has 112 valence electrons. The summed E-state index contributed by atoms with van der Waals surface area (Å²) in [6.45, 7) is 2.81. The van der Waals surface area contributed by atoms with Crippen molar-refractivity contribution in [3.8, 4) is 0 Å². The van der Waals surface area contributed by atoms with Gasteiger partial charge in [0.1, 0.15) is 0 Å². The van der Waals surface area contributed by atoms with Crippen LogP contribution in [-0.4, -0.2) is 25.5 Å². The second kappa shape index (κ2) is 5.04. The Morgan fingerprint density at radius 2 is 2.10 bits per heavy atom. The summed E-state index contributed by atoms with van der Waals surface area (Å²) in [4.78, 5) is 14.6. The van der Waals surface area contributed by atoms with E-state index in [-0.39, 0.29) is 5.91 Å². The molecular formula is C18H24N2O. The molecule has 1 aromatic rings. The molecule has 2 saturated carbocycles. The van der Waals surface area contributed by atoms with Crippen LogP contribution in [0.1, 0.15) is 48.9 Å². The molecule has 1 aliphatic heterocycles. The molecule has 1 amide bonds. The van der Waals surface area contributed by atoms with Crippen LogP contribution < -0.4 is 10.2 Å². The predicted octanol–water partition coefficient (Wildman–Crippen LogP) is 3.21. The predicted molar refractivity (Wildman–Crippen MR) is 84.6 cm³/mol. The SMILES string of the molecule is O=C1NCCN(CC2CCCC3(CC3)C2)c2ccccc21. The van der Waals surface area contributed by atoms with Crippen LogP contribution in [0.3, 0.4) is 0 Å². The van der Waals surface area contributed by atoms with Crippen molar-refractivity contribution in [3.63, 3.8) is 0 Å². The van der Waals surface area contributed by atoms with E-state index in [4.69, 9.17) is 0 Å². The van der Waals surface area contributed by atoms with Gasteiger partial charge in [0.05, 0.1) is 5.56 Å². The molecule has 1 unspecified atom stereocenters. The molecule has 1 spiro atoms. The van der Waals surface area contributed by atoms with Crippen molar-refractivity contribution in [2.45, 2.75) is 38.5 Å². The normalized spacial score (nSPS) is 27.0. The zero-order chi connectivity index (χ0) is 14.3. The van der Waals surface area contributed by atoms with E-state index in [0.717, 1.165) is 42.2 Å². The van der Waals surface area contributed by atoms with Gasteiger partial charge in [-0.15, -0.1) is 0 Å². The van der Waals surface area contributed by atoms with Crippen molar-refractivity contribution in [2.75, 3.05) is 24.5 Å². The van der Waals surface area contributed by atoms with Gasteiger partial charge in [-0.05, 0) is 55.6 Å². The van der Waals surface area contributed by atoms with Crippen LogP contribution in [0.15, 0.2) is 24.3 Å². The lowest BCUT2D eigenvalue weighted by Gasteiger charge is -2.34. The number of hydrogen-bond donors (Lipinski definition) is 1. The van der Waals surface area contributed by atoms with Gasteiger partial charge in [-0.1, -0.05) is 18.6 Å². The first-order valence-corrected chi connectivity index (χ1v) is 8.38. The van der Waals surface area contributed by atoms with Gasteiger partial charge in [0.25, 0.3) is 5.91 Å². The minimum Gasteiger partial charge on any atom is -0.369 e. The molecule has 21 heavy (non-hydrogen) atoms. The van der Waals surface area contributed by atoms with Crippen molar-refractivity contribution in [3.05, 3.63) is 29.8 Å². The van der Waals surface area contributed by atoms with Crippen LogP contribution >= 0.6 is 0 Å². The second-order valence-electron chi connectivity index (χ2n) is 7.18. The Balaban J connectivity index is 1.54. The Bertz CT molecular complexity index is 550. The number of fused-ring (bicyclic) bond motifs is 1. The molecule has 1 atom stereocenters. The van der Waals surface area contributed by atoms with Crippen LogP contribution in [0, 0.1) is 11.3 Å². The van der Waals surface area contributed by atoms with Gasteiger partial charge in [-0.3, -0.25) is 4.79 Å². The number of nitrogens with zero attached hydrogens (tertiary/aromatic N) is 1. The fourth-order valence-corrected chi connectivity index (χ4v) is 4.33. The molecule has 4 rings (SSSR count). The molecule has 2 aliphatic carbocycles. The number of carbonyl (C=O) groups excluding carboxylic acids is 1. The number of nitrogens with one attached hydrogen (secondary N) is 1. The molecule has 1 N–H and O–H groups in total. The highest BCUT2D eigenvalue weighted by Crippen LogP contribution is 2.57. The fourth-order valence-electron chi connectivity index (χ4n) is 4.33. The van der Waals surface area contributed by atoms with Crippen LogP contribution in [0.5, 0.6) is 0 Å². The van der Waals surface area contributed by atoms with Crippen molar-refractivity contribution < 1.29 is 4.79 Å². The van der Waals surface area contributed by atoms with Crippen LogP contribution in [0.2, 0.25) is 0 Å². The van der Waals surface area contributed by atoms with Gasteiger partial charge in [0, 0.05) is 25.3 Å². The zero-order valence-corrected chi connectivity index (χ0v) is 12.6. The number of rotatable bonds is 2. The number of anilines is 1. The minimum absolute atomic E-state index is 0.0791. The maximum atomic E-state index is 12.1. The molecule has 1 aromatic carbocycles. The summed E-state index contributed by atoms with van der Waals surface area (Å²) < 4.78 is 0. The van der Waals surface area contributed by atoms with Gasteiger partial charge in [0.2, 0.25) is 0 Å². The van der Waals surface area contributed by atoms with Gasteiger partial charge in [0.15, 0.2) is 0 Å². The third kappa shape index (κ3) is 2.54. The van der Waals surface area contributed by atoms with E-state index in [9.17, 15) is 4.79 Å². The highest BCUT2D eigenvalue weighted by molar-refractivity contribution is 6.00. The van der Waals surface area contributed by atoms with Crippen molar-refractivity contribution in [1.82, 2.24) is 5.32 Å². The Labute approximate surface area is 126 Å². The van der Waals surface area contributed by atoms with E-state index in [2.05, 4.69) is 16.3 Å². The average Bonchev–Trinajstić information content (AvgIpc) is 3.26. The number of amides is 1. The quantitative estimate of drug-likeness (QED) is 0.904. The van der Waals surface area contributed by atoms with Gasteiger partial charge in [-0.25, -0.2) is 0 Å². The van der Waals surface area contributed by atoms with E-state index in [0.29, 0.717) is 0 Å². The standard InChI is InChI=1S/C18H24N2O/c21-17-15-5-1-2-6-16(15)20(11-10-19-17)13-14-4-3-7-18(12-14)8-9-18/h1-2,5-6,14H,3-4,7-13H2,(H,19,21). The first-order valence-electron chi connectivity index (χ1n) is 8.38. The fraction of sp³-hybridized carbons (Fsp3) is 0.611. The molecule has 3 nitrogen and oxygen atoms in total. The van der Waals surface area contributed by atoms with Crippen molar-refractivity contribution in [1.29, 1.82) is 0 Å². The molecular weight excluding hydrogens is 260 g/mol. The monoisotopic (exact) mass is 284 g/mol. The summed E-state index contributed by atoms with van der Waals surface area (Å²) in [6.07, 6.45) is 8.55. The minimum atomic E-state index is 0.0791. The number of para-hydroxylation sites is 1. The van der Waals surface area contributed by atoms with Crippen LogP contribution in [0.4, 0.5) is 5.69 Å². The molecule has 3 aliphatic rings. The molecule has 2 fully saturated rings. The van der Waals surface area contributed by atoms with Gasteiger partial charge >= 0.3 is 0 Å². The number of benzene rings is 1. The smallest absolute Gasteiger partial charge is 0.253 e. The van der Waals surface area contributed by atoms with E-state index in [1.54, 1.807) is 0 Å². The van der Waals surface area contributed by atoms with Crippen molar-refractivity contribution >= 4 is 11.6 Å². The van der Waals surface area contributed by atoms with E-state index in [1.165, 1.54) is 38.5 Å². The Morgan fingerprint density at radius 3 is 2.95 bits per heavy atom. The van der Waals surface area contributed by atoms with Crippen LogP contribution in [0.25, 0.3) is 0 Å². The highest BCUT2D eigenvalue weighted by Gasteiger charge is 2.45. The Kier molecular flexibility index (Phi) is 3.16. The van der Waals surface area contributed by atoms with Crippen molar-refractivity contribution in [2.24, 2.45) is 11.3 Å². The third-order valence-electron chi connectivity index (χ3n) is 5.63. The molecule has 1 heterocycles. The molecule has 0 bridgehead atoms. The summed E-state index contributed by atoms with van der Waals surface area (Å²) in [7, 11) is 0. The van der Waals surface area contributed by atoms with E-state index in [1.807, 2.05) is 18.2 Å². The summed E-state index contributed by atoms with van der Waals surface area (Å²) in [5.74, 6) is 0.887. The van der Waals surface area contributed by atoms with Gasteiger partial charge < -0.3 is 10.2 Å². The summed E-state index contributed by atoms with van der Waals surface area (Å²) in [6, 6.07) is 8.07. The lowest BCUT2D eigenvalue weighted by Crippen LogP contribution is -2.35. The first kappa shape index (κ1) is 13.2. The Morgan fingerprint density at radius 1 is 1.24 bits per heavy atom. The maximum Gasteiger partial charge on any atom is 0.253 e. The van der Waals surface area contributed by atoms with E-state index < -0.39 is 0 Å². The molecule has 0 saturated heterocycles. The van der Waals surface area contributed by atoms with E-state index >= 15 is 0 Å². The number of hydrogen-bond acceptors (Lipinski definition) is 2. The molecule has 3 heteroatoms. The Hall–Kier alpha value is -1.51. The lowest BCUT2D eigenvalue weighted by atomic mass is 9.79. The number of carbonyl (C=O) groups is 1. The lowest BCUT2D eigenvalue weighted by molar-refractivity contribution is 0.0958. The topological polar surface area (TPSA) is 32.3 Å². The average molecular weight is 284 g/mol. The summed E-state index contributed by atoms with van der Waals surface area (Å²) in [5, 5.41) is 3.02. The summed E-state index contributed by atoms with van der Waals surface area (Å²) in [5.41, 5.74) is 2.69. The zero-order valence-electron chi connectivity index (χ0n) is 12.6. The van der Waals surface area contributed by atoms with Gasteiger partial charge in [-0.2, -0.15) is 0 Å². The first-order chi connectivity index (χ1) is 10.3.